The summed E-state index contributed by atoms with van der Waals surface area (Å²) in [7, 11) is 1.98. The van der Waals surface area contributed by atoms with Gasteiger partial charge in [-0.25, -0.2) is 0 Å². The summed E-state index contributed by atoms with van der Waals surface area (Å²) in [4.78, 5) is 0. The Bertz CT molecular complexity index is 563. The van der Waals surface area contributed by atoms with Crippen LogP contribution >= 0.6 is 0 Å². The van der Waals surface area contributed by atoms with Gasteiger partial charge in [-0.1, -0.05) is 50.2 Å². The number of rotatable bonds is 7. The molecule has 21 heavy (non-hydrogen) atoms. The summed E-state index contributed by atoms with van der Waals surface area (Å²) >= 11 is 0. The molecule has 0 atom stereocenters. The summed E-state index contributed by atoms with van der Waals surface area (Å²) in [6.45, 7) is 6.01. The van der Waals surface area contributed by atoms with E-state index >= 15 is 0 Å². The lowest BCUT2D eigenvalue weighted by molar-refractivity contribution is 0.304. The fourth-order valence-electron chi connectivity index (χ4n) is 2.33. The van der Waals surface area contributed by atoms with Crippen LogP contribution in [0.2, 0.25) is 0 Å². The smallest absolute Gasteiger partial charge is 0.120 e. The molecule has 0 aromatic heterocycles. The highest BCUT2D eigenvalue weighted by atomic mass is 16.5. The normalized spacial score (nSPS) is 10.9. The van der Waals surface area contributed by atoms with E-state index in [0.29, 0.717) is 12.5 Å². The zero-order valence-electron chi connectivity index (χ0n) is 13.2. The van der Waals surface area contributed by atoms with Crippen LogP contribution in [0, 0.1) is 0 Å². The molecule has 0 aliphatic heterocycles. The van der Waals surface area contributed by atoms with Crippen molar-refractivity contribution in [1.29, 1.82) is 0 Å². The molecule has 0 radical (unpaired) electrons. The van der Waals surface area contributed by atoms with Crippen molar-refractivity contribution in [2.75, 3.05) is 13.6 Å². The molecule has 0 aliphatic carbocycles. The molecule has 0 unspecified atom stereocenters. The van der Waals surface area contributed by atoms with Gasteiger partial charge in [-0.15, -0.1) is 0 Å². The van der Waals surface area contributed by atoms with Crippen LogP contribution in [-0.4, -0.2) is 13.6 Å². The number of benzene rings is 2. The van der Waals surface area contributed by atoms with E-state index < -0.39 is 0 Å². The summed E-state index contributed by atoms with van der Waals surface area (Å²) in [5.74, 6) is 1.47. The van der Waals surface area contributed by atoms with Gasteiger partial charge in [-0.3, -0.25) is 0 Å². The molecule has 0 saturated heterocycles. The Hall–Kier alpha value is -1.80. The molecule has 2 rings (SSSR count). The zero-order valence-corrected chi connectivity index (χ0v) is 13.2. The van der Waals surface area contributed by atoms with Crippen molar-refractivity contribution >= 4 is 0 Å². The quantitative estimate of drug-likeness (QED) is 0.824. The van der Waals surface area contributed by atoms with E-state index in [4.69, 9.17) is 4.74 Å². The number of hydrogen-bond donors (Lipinski definition) is 1. The first-order valence-corrected chi connectivity index (χ1v) is 7.65. The van der Waals surface area contributed by atoms with Crippen molar-refractivity contribution < 1.29 is 4.74 Å². The van der Waals surface area contributed by atoms with Crippen LogP contribution in [0.1, 0.15) is 36.5 Å². The van der Waals surface area contributed by atoms with Crippen LogP contribution < -0.4 is 10.1 Å². The fraction of sp³-hybridized carbons (Fsp3) is 0.368. The van der Waals surface area contributed by atoms with Crippen LogP contribution in [0.4, 0.5) is 0 Å². The number of hydrogen-bond acceptors (Lipinski definition) is 2. The molecule has 2 heteroatoms. The maximum atomic E-state index is 5.98. The molecular weight excluding hydrogens is 258 g/mol. The van der Waals surface area contributed by atoms with Gasteiger partial charge in [0.2, 0.25) is 0 Å². The highest BCUT2D eigenvalue weighted by Crippen LogP contribution is 2.21. The highest BCUT2D eigenvalue weighted by Gasteiger charge is 2.04. The number of likely N-dealkylation sites (N-methyl/N-ethyl adjacent to an activating group) is 1. The Morgan fingerprint density at radius 2 is 1.76 bits per heavy atom. The standard InChI is InChI=1S/C19H25NO/c1-15(2)17-9-6-10-19(13-17)21-14-18-8-5-4-7-16(18)11-12-20-3/h4-10,13,15,20H,11-12,14H2,1-3H3. The minimum absolute atomic E-state index is 0.525. The lowest BCUT2D eigenvalue weighted by Gasteiger charge is -2.12. The second-order valence-corrected chi connectivity index (χ2v) is 5.64. The second kappa shape index (κ2) is 7.84. The van der Waals surface area contributed by atoms with Gasteiger partial charge in [0.25, 0.3) is 0 Å². The Labute approximate surface area is 128 Å². The van der Waals surface area contributed by atoms with Crippen LogP contribution in [0.25, 0.3) is 0 Å². The number of ether oxygens (including phenoxy) is 1. The minimum Gasteiger partial charge on any atom is -0.489 e. The van der Waals surface area contributed by atoms with E-state index in [0.717, 1.165) is 18.7 Å². The molecule has 2 aromatic carbocycles. The van der Waals surface area contributed by atoms with Crippen LogP contribution in [-0.2, 0) is 13.0 Å². The lowest BCUT2D eigenvalue weighted by atomic mass is 10.0. The van der Waals surface area contributed by atoms with Gasteiger partial charge in [0, 0.05) is 0 Å². The first-order valence-electron chi connectivity index (χ1n) is 7.65. The largest absolute Gasteiger partial charge is 0.489 e. The average molecular weight is 283 g/mol. The Morgan fingerprint density at radius 1 is 1.00 bits per heavy atom. The van der Waals surface area contributed by atoms with Crippen LogP contribution in [0.3, 0.4) is 0 Å². The molecule has 0 aliphatic rings. The maximum absolute atomic E-state index is 5.98. The Morgan fingerprint density at radius 3 is 2.48 bits per heavy atom. The lowest BCUT2D eigenvalue weighted by Crippen LogP contribution is -2.12. The summed E-state index contributed by atoms with van der Waals surface area (Å²) in [6.07, 6.45) is 1.03. The maximum Gasteiger partial charge on any atom is 0.120 e. The summed E-state index contributed by atoms with van der Waals surface area (Å²) in [5.41, 5.74) is 3.94. The molecule has 0 bridgehead atoms. The van der Waals surface area contributed by atoms with Crippen molar-refractivity contribution in [1.82, 2.24) is 5.32 Å². The van der Waals surface area contributed by atoms with Crippen molar-refractivity contribution in [2.24, 2.45) is 0 Å². The van der Waals surface area contributed by atoms with E-state index in [2.05, 4.69) is 61.6 Å². The first kappa shape index (κ1) is 15.6. The number of nitrogens with one attached hydrogen (secondary N) is 1. The van der Waals surface area contributed by atoms with Gasteiger partial charge in [0.1, 0.15) is 12.4 Å². The molecule has 0 spiro atoms. The van der Waals surface area contributed by atoms with Crippen LogP contribution in [0.15, 0.2) is 48.5 Å². The van der Waals surface area contributed by atoms with Crippen LogP contribution in [0.5, 0.6) is 5.75 Å². The van der Waals surface area contributed by atoms with Crippen molar-refractivity contribution in [3.8, 4) is 5.75 Å². The topological polar surface area (TPSA) is 21.3 Å². The minimum atomic E-state index is 0.525. The predicted octanol–water partition coefficient (Wildman–Crippen LogP) is 4.15. The monoisotopic (exact) mass is 283 g/mol. The van der Waals surface area contributed by atoms with E-state index in [1.54, 1.807) is 0 Å². The summed E-state index contributed by atoms with van der Waals surface area (Å²) < 4.78 is 5.98. The van der Waals surface area contributed by atoms with E-state index in [1.807, 2.05) is 13.1 Å². The Kier molecular flexibility index (Phi) is 5.82. The first-order chi connectivity index (χ1) is 10.2. The van der Waals surface area contributed by atoms with E-state index in [1.165, 1.54) is 16.7 Å². The van der Waals surface area contributed by atoms with E-state index in [-0.39, 0.29) is 0 Å². The van der Waals surface area contributed by atoms with Gasteiger partial charge in [0.05, 0.1) is 0 Å². The third-order valence-corrected chi connectivity index (χ3v) is 3.68. The molecule has 2 nitrogen and oxygen atoms in total. The molecule has 2 aromatic rings. The second-order valence-electron chi connectivity index (χ2n) is 5.64. The van der Waals surface area contributed by atoms with Crippen molar-refractivity contribution in [3.63, 3.8) is 0 Å². The van der Waals surface area contributed by atoms with Gasteiger partial charge < -0.3 is 10.1 Å². The molecular formula is C19H25NO. The summed E-state index contributed by atoms with van der Waals surface area (Å²) in [6, 6.07) is 16.9. The van der Waals surface area contributed by atoms with Crippen molar-refractivity contribution in [3.05, 3.63) is 65.2 Å². The predicted molar refractivity (Wildman–Crippen MR) is 88.9 cm³/mol. The van der Waals surface area contributed by atoms with Gasteiger partial charge in [-0.05, 0) is 54.8 Å². The SMILES string of the molecule is CNCCc1ccccc1COc1cccc(C(C)C)c1. The fourth-order valence-corrected chi connectivity index (χ4v) is 2.33. The van der Waals surface area contributed by atoms with Crippen molar-refractivity contribution in [2.45, 2.75) is 32.8 Å². The molecule has 0 saturated carbocycles. The van der Waals surface area contributed by atoms with E-state index in [9.17, 15) is 0 Å². The third kappa shape index (κ3) is 4.61. The average Bonchev–Trinajstić information content (AvgIpc) is 2.52. The third-order valence-electron chi connectivity index (χ3n) is 3.68. The van der Waals surface area contributed by atoms with Gasteiger partial charge >= 0.3 is 0 Å². The highest BCUT2D eigenvalue weighted by molar-refractivity contribution is 5.32. The Balaban J connectivity index is 2.04. The molecule has 0 fully saturated rings. The summed E-state index contributed by atoms with van der Waals surface area (Å²) in [5, 5.41) is 3.20. The molecule has 112 valence electrons. The molecule has 0 heterocycles. The molecule has 0 amide bonds. The van der Waals surface area contributed by atoms with Gasteiger partial charge in [-0.2, -0.15) is 0 Å². The van der Waals surface area contributed by atoms with Gasteiger partial charge in [0.15, 0.2) is 0 Å². The zero-order chi connectivity index (χ0) is 15.1. The molecule has 1 N–H and O–H groups in total.